The summed E-state index contributed by atoms with van der Waals surface area (Å²) in [7, 11) is 0. The van der Waals surface area contributed by atoms with Crippen molar-refractivity contribution in [3.8, 4) is 11.3 Å². The molecule has 2 heterocycles. The van der Waals surface area contributed by atoms with Crippen LogP contribution in [-0.2, 0) is 16.0 Å². The van der Waals surface area contributed by atoms with Gasteiger partial charge in [-0.25, -0.2) is 9.37 Å². The van der Waals surface area contributed by atoms with Gasteiger partial charge in [0.2, 0.25) is 5.91 Å². The van der Waals surface area contributed by atoms with E-state index in [1.54, 1.807) is 23.1 Å². The smallest absolute Gasteiger partial charge is 0.411 e. The van der Waals surface area contributed by atoms with Crippen LogP contribution in [0.1, 0.15) is 18.7 Å². The summed E-state index contributed by atoms with van der Waals surface area (Å²) < 4.78 is 60.1. The molecule has 1 saturated heterocycles. The molecule has 6 nitrogen and oxygen atoms in total. The van der Waals surface area contributed by atoms with E-state index in [0.29, 0.717) is 62.8 Å². The number of hydrogen-bond donors (Lipinski definition) is 0. The molecule has 0 spiro atoms. The summed E-state index contributed by atoms with van der Waals surface area (Å²) in [6, 6.07) is 6.25. The fourth-order valence-corrected chi connectivity index (χ4v) is 3.38. The SMILES string of the molecule is O=C(CCc1ncc(-c2ccccc2F)o1)N1CCN(CCCOCC(F)(F)F)CC1. The highest BCUT2D eigenvalue weighted by atomic mass is 19.4. The molecule has 170 valence electrons. The summed E-state index contributed by atoms with van der Waals surface area (Å²) in [4.78, 5) is 20.5. The molecule has 0 radical (unpaired) electrons. The quantitative estimate of drug-likeness (QED) is 0.439. The number of carbonyl (C=O) groups is 1. The van der Waals surface area contributed by atoms with Crippen molar-refractivity contribution in [1.29, 1.82) is 0 Å². The molecular formula is C21H25F4N3O3. The Morgan fingerprint density at radius 2 is 1.90 bits per heavy atom. The Balaban J connectivity index is 1.35. The average Bonchev–Trinajstić information content (AvgIpc) is 3.20. The van der Waals surface area contributed by atoms with Gasteiger partial charge in [-0.2, -0.15) is 13.2 Å². The number of ether oxygens (including phenoxy) is 1. The van der Waals surface area contributed by atoms with Gasteiger partial charge in [0.1, 0.15) is 12.4 Å². The van der Waals surface area contributed by atoms with Crippen LogP contribution in [0.15, 0.2) is 34.9 Å². The first-order chi connectivity index (χ1) is 14.8. The molecule has 10 heteroatoms. The highest BCUT2D eigenvalue weighted by Crippen LogP contribution is 2.23. The molecule has 1 aromatic heterocycles. The first kappa shape index (κ1) is 23.2. The number of amides is 1. The third kappa shape index (κ3) is 7.32. The monoisotopic (exact) mass is 443 g/mol. The van der Waals surface area contributed by atoms with E-state index in [4.69, 9.17) is 4.42 Å². The van der Waals surface area contributed by atoms with Gasteiger partial charge in [-0.3, -0.25) is 9.69 Å². The summed E-state index contributed by atoms with van der Waals surface area (Å²) >= 11 is 0. The van der Waals surface area contributed by atoms with Crippen LogP contribution < -0.4 is 0 Å². The fourth-order valence-electron chi connectivity index (χ4n) is 3.38. The summed E-state index contributed by atoms with van der Waals surface area (Å²) in [5.74, 6) is 0.294. The molecule has 1 fully saturated rings. The minimum absolute atomic E-state index is 0.0150. The van der Waals surface area contributed by atoms with E-state index in [1.807, 2.05) is 0 Å². The van der Waals surface area contributed by atoms with Gasteiger partial charge in [0, 0.05) is 52.2 Å². The molecule has 1 aromatic carbocycles. The lowest BCUT2D eigenvalue weighted by Gasteiger charge is -2.34. The molecule has 3 rings (SSSR count). The zero-order valence-electron chi connectivity index (χ0n) is 17.0. The molecule has 1 aliphatic heterocycles. The summed E-state index contributed by atoms with van der Waals surface area (Å²) in [5.41, 5.74) is 0.326. The van der Waals surface area contributed by atoms with Crippen molar-refractivity contribution in [3.05, 3.63) is 42.2 Å². The van der Waals surface area contributed by atoms with Gasteiger partial charge < -0.3 is 14.1 Å². The number of benzene rings is 1. The Bertz CT molecular complexity index is 848. The highest BCUT2D eigenvalue weighted by molar-refractivity contribution is 5.76. The van der Waals surface area contributed by atoms with Gasteiger partial charge in [0.25, 0.3) is 0 Å². The predicted octanol–water partition coefficient (Wildman–Crippen LogP) is 3.53. The zero-order valence-corrected chi connectivity index (χ0v) is 17.0. The highest BCUT2D eigenvalue weighted by Gasteiger charge is 2.27. The van der Waals surface area contributed by atoms with Crippen LogP contribution in [0.4, 0.5) is 17.6 Å². The number of hydrogen-bond acceptors (Lipinski definition) is 5. The molecule has 31 heavy (non-hydrogen) atoms. The van der Waals surface area contributed by atoms with Gasteiger partial charge in [0.15, 0.2) is 11.7 Å². The lowest BCUT2D eigenvalue weighted by molar-refractivity contribution is -0.174. The molecule has 0 bridgehead atoms. The summed E-state index contributed by atoms with van der Waals surface area (Å²) in [6.45, 7) is 1.94. The Labute approximate surface area is 177 Å². The maximum absolute atomic E-state index is 13.8. The van der Waals surface area contributed by atoms with Crippen molar-refractivity contribution in [3.63, 3.8) is 0 Å². The number of piperazine rings is 1. The van der Waals surface area contributed by atoms with Crippen LogP contribution in [0.2, 0.25) is 0 Å². The van der Waals surface area contributed by atoms with E-state index < -0.39 is 18.6 Å². The van der Waals surface area contributed by atoms with Crippen molar-refractivity contribution in [2.45, 2.75) is 25.4 Å². The largest absolute Gasteiger partial charge is 0.441 e. The van der Waals surface area contributed by atoms with E-state index in [9.17, 15) is 22.4 Å². The number of halogens is 4. The van der Waals surface area contributed by atoms with E-state index in [0.717, 1.165) is 0 Å². The molecule has 1 aliphatic rings. The molecular weight excluding hydrogens is 418 g/mol. The van der Waals surface area contributed by atoms with Crippen molar-refractivity contribution < 1.29 is 31.5 Å². The molecule has 2 aromatic rings. The third-order valence-corrected chi connectivity index (χ3v) is 5.00. The summed E-state index contributed by atoms with van der Waals surface area (Å²) in [5, 5.41) is 0. The maximum atomic E-state index is 13.8. The zero-order chi connectivity index (χ0) is 22.3. The lowest BCUT2D eigenvalue weighted by Crippen LogP contribution is -2.49. The second-order valence-corrected chi connectivity index (χ2v) is 7.34. The first-order valence-electron chi connectivity index (χ1n) is 10.2. The van der Waals surface area contributed by atoms with Crippen molar-refractivity contribution >= 4 is 5.91 Å². The van der Waals surface area contributed by atoms with Crippen molar-refractivity contribution in [2.75, 3.05) is 45.9 Å². The Kier molecular flexibility index (Phi) is 8.03. The van der Waals surface area contributed by atoms with E-state index >= 15 is 0 Å². The van der Waals surface area contributed by atoms with E-state index in [-0.39, 0.29) is 18.9 Å². The van der Waals surface area contributed by atoms with E-state index in [1.165, 1.54) is 12.3 Å². The lowest BCUT2D eigenvalue weighted by atomic mass is 10.2. The standard InChI is InChI=1S/C21H25F4N3O3/c22-17-5-2-1-4-16(17)18-14-26-19(31-18)6-7-20(29)28-11-9-27(10-12-28)8-3-13-30-15-21(23,24)25/h1-2,4-5,14H,3,6-13,15H2. The van der Waals surface area contributed by atoms with Crippen LogP contribution in [0.5, 0.6) is 0 Å². The van der Waals surface area contributed by atoms with Crippen LogP contribution in [-0.4, -0.2) is 72.8 Å². The Morgan fingerprint density at radius 1 is 1.16 bits per heavy atom. The number of alkyl halides is 3. The van der Waals surface area contributed by atoms with Crippen molar-refractivity contribution in [2.24, 2.45) is 0 Å². The van der Waals surface area contributed by atoms with Gasteiger partial charge >= 0.3 is 6.18 Å². The second-order valence-electron chi connectivity index (χ2n) is 7.34. The number of aromatic nitrogens is 1. The maximum Gasteiger partial charge on any atom is 0.411 e. The number of carbonyl (C=O) groups excluding carboxylic acids is 1. The topological polar surface area (TPSA) is 58.8 Å². The first-order valence-corrected chi connectivity index (χ1v) is 10.2. The number of aryl methyl sites for hydroxylation is 1. The predicted molar refractivity (Wildman–Crippen MR) is 105 cm³/mol. The normalized spacial score (nSPS) is 15.4. The third-order valence-electron chi connectivity index (χ3n) is 5.00. The number of oxazole rings is 1. The van der Waals surface area contributed by atoms with Crippen LogP contribution in [0.25, 0.3) is 11.3 Å². The van der Waals surface area contributed by atoms with Gasteiger partial charge in [-0.15, -0.1) is 0 Å². The number of rotatable bonds is 9. The molecule has 0 atom stereocenters. The number of nitrogens with zero attached hydrogens (tertiary/aromatic N) is 3. The Morgan fingerprint density at radius 3 is 2.61 bits per heavy atom. The molecule has 0 unspecified atom stereocenters. The van der Waals surface area contributed by atoms with E-state index in [2.05, 4.69) is 14.6 Å². The minimum Gasteiger partial charge on any atom is -0.441 e. The van der Waals surface area contributed by atoms with Crippen LogP contribution in [0, 0.1) is 5.82 Å². The van der Waals surface area contributed by atoms with Gasteiger partial charge in [-0.05, 0) is 18.6 Å². The van der Waals surface area contributed by atoms with Gasteiger partial charge in [0.05, 0.1) is 11.8 Å². The molecule has 0 aliphatic carbocycles. The summed E-state index contributed by atoms with van der Waals surface area (Å²) in [6.07, 6.45) is -1.77. The van der Waals surface area contributed by atoms with Gasteiger partial charge in [-0.1, -0.05) is 12.1 Å². The van der Waals surface area contributed by atoms with Crippen molar-refractivity contribution in [1.82, 2.24) is 14.8 Å². The van der Waals surface area contributed by atoms with Crippen LogP contribution in [0.3, 0.4) is 0 Å². The average molecular weight is 443 g/mol. The fraction of sp³-hybridized carbons (Fsp3) is 0.524. The Hall–Kier alpha value is -2.46. The minimum atomic E-state index is -4.30. The molecule has 0 saturated carbocycles. The second kappa shape index (κ2) is 10.7. The molecule has 1 amide bonds. The molecule has 0 N–H and O–H groups in total. The van der Waals surface area contributed by atoms with Crippen LogP contribution >= 0.6 is 0 Å².